The summed E-state index contributed by atoms with van der Waals surface area (Å²) >= 11 is 3.03. The average molecular weight is 317 g/mol. The fourth-order valence-corrected chi connectivity index (χ4v) is 2.63. The largest absolute Gasteiger partial charge is 0.480 e. The van der Waals surface area contributed by atoms with Gasteiger partial charge in [0.2, 0.25) is 0 Å². The highest BCUT2D eigenvalue weighted by Gasteiger charge is 2.28. The molecular formula is C12H14BrFN2O2. The van der Waals surface area contributed by atoms with Crippen molar-refractivity contribution >= 4 is 21.9 Å². The monoisotopic (exact) mass is 316 g/mol. The van der Waals surface area contributed by atoms with E-state index in [1.165, 1.54) is 6.20 Å². The molecule has 1 N–H and O–H groups in total. The van der Waals surface area contributed by atoms with Crippen molar-refractivity contribution in [1.29, 1.82) is 0 Å². The Hall–Kier alpha value is -1.01. The van der Waals surface area contributed by atoms with Crippen LogP contribution in [0.15, 0.2) is 16.9 Å². The van der Waals surface area contributed by atoms with Crippen molar-refractivity contribution in [3.63, 3.8) is 0 Å². The zero-order chi connectivity index (χ0) is 13.1. The molecule has 1 aliphatic rings. The van der Waals surface area contributed by atoms with Crippen molar-refractivity contribution in [3.05, 3.63) is 28.2 Å². The van der Waals surface area contributed by atoms with Gasteiger partial charge in [0.1, 0.15) is 10.6 Å². The highest BCUT2D eigenvalue weighted by atomic mass is 79.9. The summed E-state index contributed by atoms with van der Waals surface area (Å²) in [5.41, 5.74) is 0.477. The van der Waals surface area contributed by atoms with E-state index in [0.717, 1.165) is 12.8 Å². The molecule has 1 saturated heterocycles. The normalized spacial score (nSPS) is 20.9. The first-order valence-corrected chi connectivity index (χ1v) is 6.64. The maximum atomic E-state index is 13.8. The van der Waals surface area contributed by atoms with E-state index in [0.29, 0.717) is 25.1 Å². The van der Waals surface area contributed by atoms with E-state index in [4.69, 9.17) is 5.11 Å². The van der Waals surface area contributed by atoms with Crippen LogP contribution in [0.5, 0.6) is 0 Å². The summed E-state index contributed by atoms with van der Waals surface area (Å²) in [6.45, 7) is 1.00. The number of hydrogen-bond donors (Lipinski definition) is 1. The summed E-state index contributed by atoms with van der Waals surface area (Å²) in [5.74, 6) is -1.24. The molecule has 2 heterocycles. The smallest absolute Gasteiger partial charge is 0.320 e. The second-order valence-corrected chi connectivity index (χ2v) is 5.15. The van der Waals surface area contributed by atoms with Crippen LogP contribution in [0.3, 0.4) is 0 Å². The van der Waals surface area contributed by atoms with E-state index in [2.05, 4.69) is 20.9 Å². The van der Waals surface area contributed by atoms with Gasteiger partial charge in [-0.2, -0.15) is 0 Å². The van der Waals surface area contributed by atoms with Gasteiger partial charge in [-0.15, -0.1) is 0 Å². The molecular weight excluding hydrogens is 303 g/mol. The maximum Gasteiger partial charge on any atom is 0.320 e. The Morgan fingerprint density at radius 1 is 1.61 bits per heavy atom. The quantitative estimate of drug-likeness (QED) is 0.870. The van der Waals surface area contributed by atoms with Crippen LogP contribution in [0.4, 0.5) is 4.39 Å². The minimum atomic E-state index is -0.830. The lowest BCUT2D eigenvalue weighted by Crippen LogP contribution is -2.44. The fourth-order valence-electron chi connectivity index (χ4n) is 2.26. The minimum Gasteiger partial charge on any atom is -0.480 e. The number of pyridine rings is 1. The van der Waals surface area contributed by atoms with E-state index in [9.17, 15) is 9.18 Å². The predicted octanol–water partition coefficient (Wildman–Crippen LogP) is 2.42. The van der Waals surface area contributed by atoms with Crippen LogP contribution in [0.25, 0.3) is 0 Å². The molecule has 0 bridgehead atoms. The summed E-state index contributed by atoms with van der Waals surface area (Å²) in [5, 5.41) is 9.15. The second-order valence-electron chi connectivity index (χ2n) is 4.40. The first-order chi connectivity index (χ1) is 8.59. The molecule has 1 atom stereocenters. The third-order valence-corrected chi connectivity index (χ3v) is 3.75. The highest BCUT2D eigenvalue weighted by Crippen LogP contribution is 2.22. The zero-order valence-electron chi connectivity index (χ0n) is 9.77. The molecule has 18 heavy (non-hydrogen) atoms. The number of carbonyl (C=O) groups is 1. The third kappa shape index (κ3) is 2.87. The molecule has 4 nitrogen and oxygen atoms in total. The number of aliphatic carboxylic acids is 1. The Morgan fingerprint density at radius 3 is 3.11 bits per heavy atom. The number of hydrogen-bond acceptors (Lipinski definition) is 3. The topological polar surface area (TPSA) is 53.4 Å². The molecule has 0 radical (unpaired) electrons. The van der Waals surface area contributed by atoms with Crippen molar-refractivity contribution in [2.24, 2.45) is 0 Å². The molecule has 1 aromatic rings. The van der Waals surface area contributed by atoms with Crippen LogP contribution in [0.1, 0.15) is 24.8 Å². The highest BCUT2D eigenvalue weighted by molar-refractivity contribution is 9.10. The molecule has 1 aromatic heterocycles. The van der Waals surface area contributed by atoms with E-state index in [1.807, 2.05) is 4.90 Å². The van der Waals surface area contributed by atoms with Crippen molar-refractivity contribution in [2.45, 2.75) is 31.8 Å². The second kappa shape index (κ2) is 5.75. The van der Waals surface area contributed by atoms with Gasteiger partial charge < -0.3 is 5.11 Å². The molecule has 0 unspecified atom stereocenters. The molecule has 6 heteroatoms. The van der Waals surface area contributed by atoms with Gasteiger partial charge in [0.15, 0.2) is 5.82 Å². The van der Waals surface area contributed by atoms with E-state index in [-0.39, 0.29) is 4.60 Å². The van der Waals surface area contributed by atoms with Crippen molar-refractivity contribution in [3.8, 4) is 0 Å². The number of likely N-dealkylation sites (tertiary alicyclic amines) is 1. The Morgan fingerprint density at radius 2 is 2.39 bits per heavy atom. The summed E-state index contributed by atoms with van der Waals surface area (Å²) in [6, 6.07) is 1.08. The van der Waals surface area contributed by atoms with Gasteiger partial charge in [-0.25, -0.2) is 9.37 Å². The average Bonchev–Trinajstić information content (AvgIpc) is 2.35. The van der Waals surface area contributed by atoms with Crippen LogP contribution in [0, 0.1) is 5.82 Å². The molecule has 98 valence electrons. The number of carboxylic acid groups (broad SMARTS) is 1. The molecule has 1 aliphatic heterocycles. The Labute approximate surface area is 113 Å². The molecule has 0 aliphatic carbocycles. The van der Waals surface area contributed by atoms with Gasteiger partial charge >= 0.3 is 5.97 Å². The van der Waals surface area contributed by atoms with Crippen LogP contribution < -0.4 is 0 Å². The summed E-state index contributed by atoms with van der Waals surface area (Å²) in [6.07, 6.45) is 4.01. The summed E-state index contributed by atoms with van der Waals surface area (Å²) in [4.78, 5) is 16.8. The molecule has 2 rings (SSSR count). The fraction of sp³-hybridized carbons (Fsp3) is 0.500. The molecule has 1 fully saturated rings. The van der Waals surface area contributed by atoms with Gasteiger partial charge in [-0.3, -0.25) is 9.69 Å². The van der Waals surface area contributed by atoms with E-state index >= 15 is 0 Å². The van der Waals surface area contributed by atoms with Crippen LogP contribution in [-0.4, -0.2) is 33.5 Å². The van der Waals surface area contributed by atoms with Crippen LogP contribution in [0.2, 0.25) is 0 Å². The third-order valence-electron chi connectivity index (χ3n) is 3.20. The van der Waals surface area contributed by atoms with Gasteiger partial charge in [-0.05, 0) is 41.4 Å². The molecule has 0 spiro atoms. The van der Waals surface area contributed by atoms with Gasteiger partial charge in [-0.1, -0.05) is 6.42 Å². The maximum absolute atomic E-state index is 13.8. The van der Waals surface area contributed by atoms with Gasteiger partial charge in [0, 0.05) is 18.3 Å². The molecule has 0 saturated carbocycles. The summed E-state index contributed by atoms with van der Waals surface area (Å²) < 4.78 is 14.0. The number of aromatic nitrogens is 1. The van der Waals surface area contributed by atoms with Gasteiger partial charge in [0.25, 0.3) is 0 Å². The standard InChI is InChI=1S/C12H14BrFN2O2/c13-11-10(14)8(4-5-15-11)7-16-6-2-1-3-9(16)12(17)18/h4-5,9H,1-3,6-7H2,(H,17,18)/t9-/m0/s1. The summed E-state index contributed by atoms with van der Waals surface area (Å²) in [7, 11) is 0. The van der Waals surface area contributed by atoms with Crippen molar-refractivity contribution < 1.29 is 14.3 Å². The number of piperidine rings is 1. The lowest BCUT2D eigenvalue weighted by Gasteiger charge is -2.32. The zero-order valence-corrected chi connectivity index (χ0v) is 11.4. The number of rotatable bonds is 3. The van der Waals surface area contributed by atoms with Crippen LogP contribution in [-0.2, 0) is 11.3 Å². The number of nitrogens with zero attached hydrogens (tertiary/aromatic N) is 2. The Kier molecular flexibility index (Phi) is 4.29. The number of halogens is 2. The Balaban J connectivity index is 2.16. The Bertz CT molecular complexity index is 456. The molecule has 0 amide bonds. The molecule has 0 aromatic carbocycles. The van der Waals surface area contributed by atoms with Gasteiger partial charge in [0.05, 0.1) is 0 Å². The van der Waals surface area contributed by atoms with Crippen LogP contribution >= 0.6 is 15.9 Å². The lowest BCUT2D eigenvalue weighted by molar-refractivity contribution is -0.144. The minimum absolute atomic E-state index is 0.170. The number of carboxylic acids is 1. The first-order valence-electron chi connectivity index (χ1n) is 5.85. The SMILES string of the molecule is O=C(O)[C@@H]1CCCCN1Cc1ccnc(Br)c1F. The van der Waals surface area contributed by atoms with E-state index < -0.39 is 17.8 Å². The van der Waals surface area contributed by atoms with Crippen molar-refractivity contribution in [1.82, 2.24) is 9.88 Å². The van der Waals surface area contributed by atoms with Crippen molar-refractivity contribution in [2.75, 3.05) is 6.54 Å². The predicted molar refractivity (Wildman–Crippen MR) is 67.6 cm³/mol. The van der Waals surface area contributed by atoms with E-state index in [1.54, 1.807) is 6.07 Å². The first kappa shape index (κ1) is 13.4. The lowest BCUT2D eigenvalue weighted by atomic mass is 10.0.